The molecule has 0 amide bonds. The van der Waals surface area contributed by atoms with Crippen molar-refractivity contribution in [3.05, 3.63) is 56.5 Å². The molecular weight excluding hydrogens is 439 g/mol. The van der Waals surface area contributed by atoms with Gasteiger partial charge in [0.25, 0.3) is 5.56 Å². The summed E-state index contributed by atoms with van der Waals surface area (Å²) >= 11 is 0. The van der Waals surface area contributed by atoms with Gasteiger partial charge >= 0.3 is 13.5 Å². The van der Waals surface area contributed by atoms with Crippen molar-refractivity contribution in [2.45, 2.75) is 19.5 Å². The highest BCUT2D eigenvalue weighted by atomic mass is 31.2. The Hall–Kier alpha value is -3.42. The van der Waals surface area contributed by atoms with Crippen LogP contribution in [-0.4, -0.2) is 42.6 Å². The second-order valence-corrected chi connectivity index (χ2v) is 7.88. The van der Waals surface area contributed by atoms with Crippen molar-refractivity contribution in [3.63, 3.8) is 0 Å². The molecule has 32 heavy (non-hydrogen) atoms. The normalized spacial score (nSPS) is 11.8. The number of phosphoric ester groups is 1. The lowest BCUT2D eigenvalue weighted by Crippen LogP contribution is -2.40. The van der Waals surface area contributed by atoms with Crippen LogP contribution >= 0.6 is 7.82 Å². The average molecular weight is 460 g/mol. The molecule has 0 aliphatic rings. The maximum atomic E-state index is 12.8. The molecule has 0 bridgehead atoms. The van der Waals surface area contributed by atoms with E-state index in [0.717, 1.165) is 10.1 Å². The van der Waals surface area contributed by atoms with Crippen molar-refractivity contribution in [2.24, 2.45) is 0 Å². The highest BCUT2D eigenvalue weighted by molar-refractivity contribution is 7.46. The molecule has 0 aliphatic carbocycles. The molecule has 0 saturated carbocycles. The zero-order chi connectivity index (χ0) is 23.3. The van der Waals surface area contributed by atoms with Crippen molar-refractivity contribution < 1.29 is 23.6 Å². The summed E-state index contributed by atoms with van der Waals surface area (Å²) in [6, 6.07) is 7.31. The molecule has 3 aromatic rings. The Bertz CT molecular complexity index is 1360. The smallest absolute Gasteiger partial charge is 0.469 e. The number of aromatic amines is 1. The van der Waals surface area contributed by atoms with Crippen LogP contribution in [-0.2, 0) is 22.2 Å². The SMILES string of the molecule is C#CCn1c(=O)c2[nH]c(C=Cc3cccc(OC)c3)nc2n(CCCOP(=O)(O)O)c1=O. The molecule has 0 atom stereocenters. The summed E-state index contributed by atoms with van der Waals surface area (Å²) in [5.74, 6) is 3.28. The number of aromatic nitrogens is 4. The first-order valence-corrected chi connectivity index (χ1v) is 11.0. The molecule has 0 fully saturated rings. The molecule has 0 radical (unpaired) electrons. The molecule has 12 heteroatoms. The number of ether oxygens (including phenoxy) is 1. The predicted molar refractivity (Wildman–Crippen MR) is 118 cm³/mol. The third-order valence-corrected chi connectivity index (χ3v) is 4.96. The summed E-state index contributed by atoms with van der Waals surface area (Å²) in [5.41, 5.74) is -0.261. The minimum absolute atomic E-state index is 0.00404. The summed E-state index contributed by atoms with van der Waals surface area (Å²) in [7, 11) is -3.06. The summed E-state index contributed by atoms with van der Waals surface area (Å²) in [5, 5.41) is 0. The maximum absolute atomic E-state index is 12.8. The number of terminal acetylenes is 1. The molecule has 168 valence electrons. The first kappa shape index (κ1) is 23.2. The van der Waals surface area contributed by atoms with E-state index in [1.807, 2.05) is 18.2 Å². The topological polar surface area (TPSA) is 149 Å². The first-order chi connectivity index (χ1) is 15.2. The van der Waals surface area contributed by atoms with Crippen LogP contribution in [0.5, 0.6) is 5.75 Å². The number of hydrogen-bond acceptors (Lipinski definition) is 6. The summed E-state index contributed by atoms with van der Waals surface area (Å²) in [6.45, 7) is -0.524. The van der Waals surface area contributed by atoms with Gasteiger partial charge in [0.2, 0.25) is 0 Å². The Balaban J connectivity index is 1.99. The van der Waals surface area contributed by atoms with Crippen LogP contribution in [0.3, 0.4) is 0 Å². The lowest BCUT2D eigenvalue weighted by Gasteiger charge is -2.10. The van der Waals surface area contributed by atoms with Crippen molar-refractivity contribution >= 4 is 31.1 Å². The van der Waals surface area contributed by atoms with E-state index < -0.39 is 19.1 Å². The zero-order valence-corrected chi connectivity index (χ0v) is 18.0. The quantitative estimate of drug-likeness (QED) is 0.245. The Morgan fingerprint density at radius 2 is 2.06 bits per heavy atom. The lowest BCUT2D eigenvalue weighted by molar-refractivity contribution is 0.192. The molecule has 0 aliphatic heterocycles. The second kappa shape index (κ2) is 9.80. The molecule has 11 nitrogen and oxygen atoms in total. The van der Waals surface area contributed by atoms with Gasteiger partial charge in [0.15, 0.2) is 5.65 Å². The number of H-pyrrole nitrogens is 1. The van der Waals surface area contributed by atoms with Crippen molar-refractivity contribution in [1.82, 2.24) is 19.1 Å². The first-order valence-electron chi connectivity index (χ1n) is 9.42. The molecule has 0 spiro atoms. The fourth-order valence-corrected chi connectivity index (χ4v) is 3.39. The summed E-state index contributed by atoms with van der Waals surface area (Å²) in [6.07, 6.45) is 8.79. The summed E-state index contributed by atoms with van der Waals surface area (Å²) < 4.78 is 22.6. The van der Waals surface area contributed by atoms with Gasteiger partial charge in [-0.2, -0.15) is 0 Å². The Kier molecular flexibility index (Phi) is 7.12. The van der Waals surface area contributed by atoms with Crippen LogP contribution < -0.4 is 16.0 Å². The van der Waals surface area contributed by atoms with Gasteiger partial charge < -0.3 is 19.5 Å². The molecule has 0 unspecified atom stereocenters. The van der Waals surface area contributed by atoms with Crippen LogP contribution in [0.1, 0.15) is 17.8 Å². The van der Waals surface area contributed by atoms with Crippen LogP contribution in [0.15, 0.2) is 33.9 Å². The molecule has 0 saturated heterocycles. The maximum Gasteiger partial charge on any atom is 0.469 e. The van der Waals surface area contributed by atoms with E-state index in [9.17, 15) is 14.2 Å². The van der Waals surface area contributed by atoms with Crippen molar-refractivity contribution in [2.75, 3.05) is 13.7 Å². The number of rotatable bonds is 9. The number of imidazole rings is 1. The largest absolute Gasteiger partial charge is 0.497 e. The highest BCUT2D eigenvalue weighted by Crippen LogP contribution is 2.35. The van der Waals surface area contributed by atoms with Crippen molar-refractivity contribution in [3.8, 4) is 18.1 Å². The number of nitrogens with one attached hydrogen (secondary N) is 1. The second-order valence-electron chi connectivity index (χ2n) is 6.64. The van der Waals surface area contributed by atoms with Crippen LogP contribution in [0.4, 0.5) is 0 Å². The number of benzene rings is 1. The van der Waals surface area contributed by atoms with Crippen molar-refractivity contribution in [1.29, 1.82) is 0 Å². The molecular formula is C20H21N4O7P. The van der Waals surface area contributed by atoms with Gasteiger partial charge in [-0.05, 0) is 30.2 Å². The zero-order valence-electron chi connectivity index (χ0n) is 17.1. The van der Waals surface area contributed by atoms with Gasteiger partial charge in [-0.25, -0.2) is 18.9 Å². The molecule has 3 rings (SSSR count). The van der Waals surface area contributed by atoms with E-state index in [1.54, 1.807) is 25.3 Å². The van der Waals surface area contributed by atoms with Gasteiger partial charge in [0, 0.05) is 6.54 Å². The van der Waals surface area contributed by atoms with Crippen LogP contribution in [0, 0.1) is 12.3 Å². The van der Waals surface area contributed by atoms with Crippen LogP contribution in [0.25, 0.3) is 23.3 Å². The monoisotopic (exact) mass is 460 g/mol. The van der Waals surface area contributed by atoms with Gasteiger partial charge in [0.1, 0.15) is 17.1 Å². The van der Waals surface area contributed by atoms with Gasteiger partial charge in [-0.3, -0.25) is 13.9 Å². The number of methoxy groups -OCH3 is 1. The van der Waals surface area contributed by atoms with E-state index in [1.165, 1.54) is 4.57 Å². The minimum atomic E-state index is -4.62. The van der Waals surface area contributed by atoms with Gasteiger partial charge in [-0.15, -0.1) is 6.42 Å². The fourth-order valence-electron chi connectivity index (χ4n) is 3.02. The molecule has 1 aromatic carbocycles. The van der Waals surface area contributed by atoms with Gasteiger partial charge in [-0.1, -0.05) is 24.1 Å². The van der Waals surface area contributed by atoms with E-state index >= 15 is 0 Å². The average Bonchev–Trinajstić information content (AvgIpc) is 3.18. The highest BCUT2D eigenvalue weighted by Gasteiger charge is 2.17. The van der Waals surface area contributed by atoms with E-state index in [-0.39, 0.29) is 37.3 Å². The summed E-state index contributed by atoms with van der Waals surface area (Å²) in [4.78, 5) is 50.4. The predicted octanol–water partition coefficient (Wildman–Crippen LogP) is 1.20. The number of aryl methyl sites for hydroxylation is 1. The standard InChI is InChI=1S/C20H21N4O7P/c1-3-10-24-19(25)17-18(23(20(24)26)11-5-12-31-32(27,28)29)22-16(21-17)9-8-14-6-4-7-15(13-14)30-2/h1,4,6-9,13H,5,10-12H2,2H3,(H,21,22)(H2,27,28,29). The number of hydrogen-bond donors (Lipinski definition) is 3. The van der Waals surface area contributed by atoms with Crippen LogP contribution in [0.2, 0.25) is 0 Å². The molecule has 2 aromatic heterocycles. The van der Waals surface area contributed by atoms with E-state index in [4.69, 9.17) is 20.9 Å². The van der Waals surface area contributed by atoms with E-state index in [0.29, 0.717) is 11.6 Å². The minimum Gasteiger partial charge on any atom is -0.497 e. The molecule has 3 N–H and O–H groups in total. The Morgan fingerprint density at radius 1 is 1.28 bits per heavy atom. The Morgan fingerprint density at radius 3 is 2.75 bits per heavy atom. The Labute approximate surface area is 182 Å². The fraction of sp³-hybridized carbons (Fsp3) is 0.250. The lowest BCUT2D eigenvalue weighted by atomic mass is 10.2. The van der Waals surface area contributed by atoms with Gasteiger partial charge in [0.05, 0.1) is 20.3 Å². The molecule has 2 heterocycles. The number of phosphoric acid groups is 1. The number of fused-ring (bicyclic) bond motifs is 1. The van der Waals surface area contributed by atoms with E-state index in [2.05, 4.69) is 20.4 Å². The third-order valence-electron chi connectivity index (χ3n) is 4.44. The number of nitrogens with zero attached hydrogens (tertiary/aromatic N) is 3. The third kappa shape index (κ3) is 5.43.